The van der Waals surface area contributed by atoms with Crippen molar-refractivity contribution in [3.8, 4) is 6.07 Å². The van der Waals surface area contributed by atoms with Crippen LogP contribution < -0.4 is 0 Å². The van der Waals surface area contributed by atoms with E-state index in [9.17, 15) is 4.79 Å². The molecule has 1 heterocycles. The Kier molecular flexibility index (Phi) is 4.57. The zero-order valence-electron chi connectivity index (χ0n) is 8.14. The molecule has 0 bridgehead atoms. The third-order valence-corrected chi connectivity index (χ3v) is 2.21. The van der Waals surface area contributed by atoms with Crippen LogP contribution in [0.25, 0.3) is 0 Å². The monoisotopic (exact) mass is 223 g/mol. The molecule has 1 rings (SSSR count). The fourth-order valence-electron chi connectivity index (χ4n) is 0.799. The normalized spacial score (nSPS) is 9.33. The van der Waals surface area contributed by atoms with Crippen LogP contribution >= 0.6 is 11.8 Å². The van der Waals surface area contributed by atoms with Gasteiger partial charge in [0.2, 0.25) is 0 Å². The van der Waals surface area contributed by atoms with Gasteiger partial charge in [0.25, 0.3) is 0 Å². The molecule has 15 heavy (non-hydrogen) atoms. The van der Waals surface area contributed by atoms with Crippen molar-refractivity contribution >= 4 is 17.7 Å². The number of carbonyl (C=O) groups excluding carboxylic acids is 1. The van der Waals surface area contributed by atoms with Gasteiger partial charge in [-0.3, -0.25) is 4.79 Å². The van der Waals surface area contributed by atoms with Crippen molar-refractivity contribution in [1.29, 1.82) is 5.26 Å². The second kappa shape index (κ2) is 5.98. The number of nitrogens with zero attached hydrogens (tertiary/aromatic N) is 3. The lowest BCUT2D eigenvalue weighted by molar-refractivity contribution is -0.139. The van der Waals surface area contributed by atoms with Gasteiger partial charge in [-0.05, 0) is 13.0 Å². The lowest BCUT2D eigenvalue weighted by Crippen LogP contribution is -2.07. The van der Waals surface area contributed by atoms with Crippen molar-refractivity contribution < 1.29 is 9.53 Å². The number of nitriles is 1. The number of carbonyl (C=O) groups is 1. The minimum absolute atomic E-state index is 0.155. The summed E-state index contributed by atoms with van der Waals surface area (Å²) in [5, 5.41) is 8.99. The van der Waals surface area contributed by atoms with E-state index in [-0.39, 0.29) is 17.4 Å². The third-order valence-electron chi connectivity index (χ3n) is 1.37. The number of hydrogen-bond acceptors (Lipinski definition) is 6. The topological polar surface area (TPSA) is 75.9 Å². The molecule has 0 aromatic carbocycles. The van der Waals surface area contributed by atoms with Crippen LogP contribution in [0, 0.1) is 11.3 Å². The van der Waals surface area contributed by atoms with Crippen molar-refractivity contribution in [2.24, 2.45) is 0 Å². The fourth-order valence-corrected chi connectivity index (χ4v) is 1.43. The molecule has 0 spiro atoms. The van der Waals surface area contributed by atoms with Gasteiger partial charge in [0, 0.05) is 6.20 Å². The van der Waals surface area contributed by atoms with Crippen LogP contribution in [0.2, 0.25) is 0 Å². The molecule has 6 heteroatoms. The van der Waals surface area contributed by atoms with Gasteiger partial charge >= 0.3 is 5.97 Å². The first kappa shape index (κ1) is 11.5. The highest BCUT2D eigenvalue weighted by atomic mass is 32.2. The number of ether oxygens (including phenoxy) is 1. The Morgan fingerprint density at radius 3 is 3.20 bits per heavy atom. The number of esters is 1. The summed E-state index contributed by atoms with van der Waals surface area (Å²) >= 11 is 1.15. The lowest BCUT2D eigenvalue weighted by Gasteiger charge is -2.00. The Balaban J connectivity index is 2.51. The molecule has 0 saturated carbocycles. The summed E-state index contributed by atoms with van der Waals surface area (Å²) in [4.78, 5) is 18.8. The van der Waals surface area contributed by atoms with Crippen molar-refractivity contribution in [2.75, 3.05) is 12.4 Å². The first-order valence-electron chi connectivity index (χ1n) is 4.28. The molecule has 0 aliphatic rings. The first-order valence-corrected chi connectivity index (χ1v) is 5.26. The predicted molar refractivity (Wildman–Crippen MR) is 54.1 cm³/mol. The Morgan fingerprint density at radius 2 is 2.53 bits per heavy atom. The smallest absolute Gasteiger partial charge is 0.316 e. The van der Waals surface area contributed by atoms with E-state index in [1.807, 2.05) is 6.07 Å². The van der Waals surface area contributed by atoms with Crippen LogP contribution in [0.15, 0.2) is 17.4 Å². The molecule has 0 aliphatic carbocycles. The Bertz CT molecular complexity index is 389. The molecule has 1 aromatic heterocycles. The summed E-state index contributed by atoms with van der Waals surface area (Å²) in [6.07, 6.45) is 1.49. The summed E-state index contributed by atoms with van der Waals surface area (Å²) in [5.41, 5.74) is 0.288. The van der Waals surface area contributed by atoms with E-state index in [1.54, 1.807) is 6.92 Å². The number of thioether (sulfide) groups is 1. The summed E-state index contributed by atoms with van der Waals surface area (Å²) < 4.78 is 4.74. The van der Waals surface area contributed by atoms with E-state index in [1.165, 1.54) is 12.3 Å². The zero-order valence-corrected chi connectivity index (χ0v) is 8.95. The predicted octanol–water partition coefficient (Wildman–Crippen LogP) is 1.00. The SMILES string of the molecule is CCOC(=O)CSc1nccc(C#N)n1. The van der Waals surface area contributed by atoms with Gasteiger partial charge in [-0.15, -0.1) is 0 Å². The molecule has 1 aromatic rings. The largest absolute Gasteiger partial charge is 0.465 e. The summed E-state index contributed by atoms with van der Waals surface area (Å²) in [6.45, 7) is 2.11. The van der Waals surface area contributed by atoms with Crippen molar-refractivity contribution in [1.82, 2.24) is 9.97 Å². The average molecular weight is 223 g/mol. The minimum atomic E-state index is -0.312. The molecule has 0 amide bonds. The molecule has 78 valence electrons. The van der Waals surface area contributed by atoms with Crippen LogP contribution in [-0.2, 0) is 9.53 Å². The zero-order chi connectivity index (χ0) is 11.1. The highest BCUT2D eigenvalue weighted by Gasteiger charge is 2.05. The van der Waals surface area contributed by atoms with E-state index in [0.29, 0.717) is 11.8 Å². The Hall–Kier alpha value is -1.61. The van der Waals surface area contributed by atoms with E-state index < -0.39 is 0 Å². The maximum atomic E-state index is 11.0. The molecule has 0 radical (unpaired) electrons. The van der Waals surface area contributed by atoms with Crippen LogP contribution in [0.3, 0.4) is 0 Å². The maximum absolute atomic E-state index is 11.0. The average Bonchev–Trinajstić information content (AvgIpc) is 2.27. The molecular weight excluding hydrogens is 214 g/mol. The Labute approximate surface area is 91.5 Å². The third kappa shape index (κ3) is 3.95. The second-order valence-corrected chi connectivity index (χ2v) is 3.37. The van der Waals surface area contributed by atoms with Crippen molar-refractivity contribution in [3.63, 3.8) is 0 Å². The molecule has 0 saturated heterocycles. The van der Waals surface area contributed by atoms with E-state index >= 15 is 0 Å². The summed E-state index contributed by atoms with van der Waals surface area (Å²) in [6, 6.07) is 3.41. The van der Waals surface area contributed by atoms with E-state index in [0.717, 1.165) is 11.8 Å². The van der Waals surface area contributed by atoms with Crippen LogP contribution in [0.5, 0.6) is 0 Å². The van der Waals surface area contributed by atoms with E-state index in [2.05, 4.69) is 9.97 Å². The number of hydrogen-bond donors (Lipinski definition) is 0. The van der Waals surface area contributed by atoms with Crippen molar-refractivity contribution in [2.45, 2.75) is 12.1 Å². The van der Waals surface area contributed by atoms with Gasteiger partial charge in [0.1, 0.15) is 11.8 Å². The summed E-state index contributed by atoms with van der Waals surface area (Å²) in [7, 11) is 0. The second-order valence-electron chi connectivity index (χ2n) is 2.43. The van der Waals surface area contributed by atoms with Crippen LogP contribution in [0.1, 0.15) is 12.6 Å². The van der Waals surface area contributed by atoms with Gasteiger partial charge in [-0.1, -0.05) is 11.8 Å². The van der Waals surface area contributed by atoms with Crippen LogP contribution in [-0.4, -0.2) is 28.3 Å². The van der Waals surface area contributed by atoms with Gasteiger partial charge < -0.3 is 4.74 Å². The standard InChI is InChI=1S/C9H9N3O2S/c1-2-14-8(13)6-15-9-11-4-3-7(5-10)12-9/h3-4H,2,6H2,1H3. The van der Waals surface area contributed by atoms with E-state index in [4.69, 9.17) is 10.00 Å². The molecule has 0 unspecified atom stereocenters. The number of rotatable bonds is 4. The highest BCUT2D eigenvalue weighted by molar-refractivity contribution is 7.99. The van der Waals surface area contributed by atoms with Gasteiger partial charge in [0.05, 0.1) is 12.4 Å². The quantitative estimate of drug-likeness (QED) is 0.430. The van der Waals surface area contributed by atoms with Gasteiger partial charge in [0.15, 0.2) is 5.16 Å². The fraction of sp³-hybridized carbons (Fsp3) is 0.333. The first-order chi connectivity index (χ1) is 7.26. The summed E-state index contributed by atoms with van der Waals surface area (Å²) in [5.74, 6) is -0.156. The Morgan fingerprint density at radius 1 is 1.73 bits per heavy atom. The molecule has 0 fully saturated rings. The molecule has 5 nitrogen and oxygen atoms in total. The van der Waals surface area contributed by atoms with Crippen LogP contribution in [0.4, 0.5) is 0 Å². The van der Waals surface area contributed by atoms with Gasteiger partial charge in [-0.2, -0.15) is 5.26 Å². The molecular formula is C9H9N3O2S. The highest BCUT2D eigenvalue weighted by Crippen LogP contribution is 2.12. The molecule has 0 aliphatic heterocycles. The lowest BCUT2D eigenvalue weighted by atomic mass is 10.5. The van der Waals surface area contributed by atoms with Crippen molar-refractivity contribution in [3.05, 3.63) is 18.0 Å². The molecule has 0 N–H and O–H groups in total. The molecule has 0 atom stereocenters. The maximum Gasteiger partial charge on any atom is 0.316 e. The van der Waals surface area contributed by atoms with Gasteiger partial charge in [-0.25, -0.2) is 9.97 Å². The number of aromatic nitrogens is 2. The minimum Gasteiger partial charge on any atom is -0.465 e.